The molecule has 162 valence electrons. The zero-order chi connectivity index (χ0) is 20.2. The molecule has 0 aliphatic rings. The second-order valence-electron chi connectivity index (χ2n) is 8.60. The van der Waals surface area contributed by atoms with E-state index in [-0.39, 0.29) is 0 Å². The van der Waals surface area contributed by atoms with E-state index in [1.165, 1.54) is 83.5 Å². The van der Waals surface area contributed by atoms with E-state index >= 15 is 0 Å². The highest BCUT2D eigenvalue weighted by molar-refractivity contribution is 4.93. The van der Waals surface area contributed by atoms with Crippen molar-refractivity contribution in [1.82, 2.24) is 0 Å². The molecule has 27 heavy (non-hydrogen) atoms. The molecule has 1 atom stereocenters. The first-order valence-corrected chi connectivity index (χ1v) is 12.2. The fourth-order valence-corrected chi connectivity index (χ4v) is 4.28. The predicted octanol–water partition coefficient (Wildman–Crippen LogP) is 8.32. The van der Waals surface area contributed by atoms with Crippen molar-refractivity contribution < 1.29 is 5.11 Å². The molecule has 0 fully saturated rings. The lowest BCUT2D eigenvalue weighted by Gasteiger charge is -2.31. The zero-order valence-corrected chi connectivity index (χ0v) is 18.8. The van der Waals surface area contributed by atoms with Gasteiger partial charge in [0.05, 0.1) is 6.10 Å². The van der Waals surface area contributed by atoms with Gasteiger partial charge in [-0.05, 0) is 19.3 Å². The lowest BCUT2D eigenvalue weighted by atomic mass is 9.82. The first-order valence-electron chi connectivity index (χ1n) is 12.2. The Morgan fingerprint density at radius 2 is 1.00 bits per heavy atom. The zero-order valence-electron chi connectivity index (χ0n) is 18.8. The molecule has 3 nitrogen and oxygen atoms in total. The molecule has 0 rings (SSSR count). The number of nitrogens with zero attached hydrogens (tertiary/aromatic N) is 1. The third kappa shape index (κ3) is 13.4. The molecule has 0 aliphatic carbocycles. The van der Waals surface area contributed by atoms with E-state index in [1.807, 2.05) is 0 Å². The van der Waals surface area contributed by atoms with E-state index < -0.39 is 11.6 Å². The number of hydrogen-bond acceptors (Lipinski definition) is 3. The highest BCUT2D eigenvalue weighted by atomic mass is 16.3. The summed E-state index contributed by atoms with van der Waals surface area (Å²) < 4.78 is 0. The number of unbranched alkanes of at least 4 members (excludes halogenated alkanes) is 13. The Balaban J connectivity index is 3.58. The van der Waals surface area contributed by atoms with Gasteiger partial charge in [0.2, 0.25) is 0 Å². The summed E-state index contributed by atoms with van der Waals surface area (Å²) >= 11 is 0. The van der Waals surface area contributed by atoms with Gasteiger partial charge in [-0.2, -0.15) is 4.91 Å². The van der Waals surface area contributed by atoms with Crippen molar-refractivity contribution in [1.29, 1.82) is 0 Å². The van der Waals surface area contributed by atoms with Crippen LogP contribution in [0.15, 0.2) is 5.18 Å². The Bertz CT molecular complexity index is 314. The molecule has 0 bridgehead atoms. The van der Waals surface area contributed by atoms with Gasteiger partial charge < -0.3 is 5.11 Å². The Kier molecular flexibility index (Phi) is 18.6. The van der Waals surface area contributed by atoms with Gasteiger partial charge in [-0.15, -0.1) is 0 Å². The number of nitroso groups, excluding NO2 is 1. The Morgan fingerprint density at radius 3 is 1.33 bits per heavy atom. The van der Waals surface area contributed by atoms with Crippen LogP contribution in [-0.2, 0) is 0 Å². The highest BCUT2D eigenvalue weighted by Crippen LogP contribution is 2.31. The van der Waals surface area contributed by atoms with Gasteiger partial charge in [0.25, 0.3) is 0 Å². The van der Waals surface area contributed by atoms with E-state index in [2.05, 4.69) is 25.9 Å². The van der Waals surface area contributed by atoms with Gasteiger partial charge in [0.15, 0.2) is 0 Å². The van der Waals surface area contributed by atoms with E-state index in [4.69, 9.17) is 0 Å². The Hall–Kier alpha value is -0.440. The largest absolute Gasteiger partial charge is 0.390 e. The molecule has 0 radical (unpaired) electrons. The van der Waals surface area contributed by atoms with Gasteiger partial charge in [0.1, 0.15) is 5.54 Å². The molecule has 0 aromatic carbocycles. The van der Waals surface area contributed by atoms with E-state index in [9.17, 15) is 10.0 Å². The van der Waals surface area contributed by atoms with Crippen molar-refractivity contribution in [2.24, 2.45) is 5.18 Å². The lowest BCUT2D eigenvalue weighted by Crippen LogP contribution is -2.40. The number of aliphatic hydroxyl groups is 1. The predicted molar refractivity (Wildman–Crippen MR) is 119 cm³/mol. The van der Waals surface area contributed by atoms with Gasteiger partial charge in [-0.3, -0.25) is 0 Å². The van der Waals surface area contributed by atoms with Crippen molar-refractivity contribution in [3.05, 3.63) is 4.91 Å². The van der Waals surface area contributed by atoms with Crippen molar-refractivity contribution >= 4 is 0 Å². The number of aliphatic hydroxyl groups excluding tert-OH is 1. The quantitative estimate of drug-likeness (QED) is 0.160. The molecule has 0 saturated carbocycles. The molecule has 1 N–H and O–H groups in total. The molecule has 0 spiro atoms. The van der Waals surface area contributed by atoms with Crippen LogP contribution < -0.4 is 0 Å². The minimum Gasteiger partial charge on any atom is -0.390 e. The van der Waals surface area contributed by atoms with Gasteiger partial charge >= 0.3 is 0 Å². The second-order valence-corrected chi connectivity index (χ2v) is 8.60. The molecule has 0 saturated heterocycles. The van der Waals surface area contributed by atoms with Crippen molar-refractivity contribution in [3.8, 4) is 0 Å². The smallest absolute Gasteiger partial charge is 0.128 e. The van der Waals surface area contributed by atoms with Crippen LogP contribution in [0.4, 0.5) is 0 Å². The minimum atomic E-state index is -0.736. The third-order valence-corrected chi connectivity index (χ3v) is 6.00. The SMILES string of the molecule is CCCCCCCCCCCCCCCCC(O)C(CCC)(CCC)N=O. The summed E-state index contributed by atoms with van der Waals surface area (Å²) in [6.45, 7) is 6.40. The van der Waals surface area contributed by atoms with E-state index in [0.717, 1.165) is 25.7 Å². The maximum Gasteiger partial charge on any atom is 0.128 e. The minimum absolute atomic E-state index is 0.563. The summed E-state index contributed by atoms with van der Waals surface area (Å²) in [5.41, 5.74) is -0.736. The summed E-state index contributed by atoms with van der Waals surface area (Å²) in [7, 11) is 0. The first-order chi connectivity index (χ1) is 13.2. The Labute approximate surface area is 170 Å². The van der Waals surface area contributed by atoms with Gasteiger partial charge in [0, 0.05) is 0 Å². The summed E-state index contributed by atoms with van der Waals surface area (Å²) in [4.78, 5) is 11.4. The fourth-order valence-electron chi connectivity index (χ4n) is 4.28. The fraction of sp³-hybridized carbons (Fsp3) is 1.00. The normalized spacial score (nSPS) is 13.0. The Morgan fingerprint density at radius 1 is 0.630 bits per heavy atom. The van der Waals surface area contributed by atoms with Crippen molar-refractivity contribution in [2.45, 2.75) is 154 Å². The highest BCUT2D eigenvalue weighted by Gasteiger charge is 2.37. The van der Waals surface area contributed by atoms with Crippen LogP contribution in [0.1, 0.15) is 143 Å². The average molecular weight is 384 g/mol. The molecule has 0 aromatic rings. The maximum absolute atomic E-state index is 11.4. The lowest BCUT2D eigenvalue weighted by molar-refractivity contribution is 0.0621. The summed E-state index contributed by atoms with van der Waals surface area (Å²) in [5, 5.41) is 13.9. The first kappa shape index (κ1) is 26.6. The summed E-state index contributed by atoms with van der Waals surface area (Å²) in [6, 6.07) is 0. The molecule has 0 aliphatic heterocycles. The molecule has 1 unspecified atom stereocenters. The molecule has 0 aromatic heterocycles. The summed E-state index contributed by atoms with van der Waals surface area (Å²) in [5.74, 6) is 0. The van der Waals surface area contributed by atoms with Crippen LogP contribution >= 0.6 is 0 Å². The summed E-state index contributed by atoms with van der Waals surface area (Å²) in [6.07, 6.45) is 22.1. The second kappa shape index (κ2) is 18.9. The van der Waals surface area contributed by atoms with Crippen molar-refractivity contribution in [3.63, 3.8) is 0 Å². The van der Waals surface area contributed by atoms with Crippen LogP contribution in [-0.4, -0.2) is 16.7 Å². The van der Waals surface area contributed by atoms with Gasteiger partial charge in [-0.25, -0.2) is 0 Å². The monoisotopic (exact) mass is 383 g/mol. The number of rotatable bonds is 21. The van der Waals surface area contributed by atoms with Crippen LogP contribution in [0.25, 0.3) is 0 Å². The van der Waals surface area contributed by atoms with Gasteiger partial charge in [-0.1, -0.05) is 129 Å². The molecule has 0 amide bonds. The van der Waals surface area contributed by atoms with E-state index in [0.29, 0.717) is 12.8 Å². The van der Waals surface area contributed by atoms with Crippen LogP contribution in [0.3, 0.4) is 0 Å². The topological polar surface area (TPSA) is 49.7 Å². The van der Waals surface area contributed by atoms with Crippen LogP contribution in [0, 0.1) is 4.91 Å². The van der Waals surface area contributed by atoms with Crippen molar-refractivity contribution in [2.75, 3.05) is 0 Å². The molecular weight excluding hydrogens is 334 g/mol. The molecule has 3 heteroatoms. The van der Waals surface area contributed by atoms with Crippen LogP contribution in [0.2, 0.25) is 0 Å². The number of hydrogen-bond donors (Lipinski definition) is 1. The maximum atomic E-state index is 11.4. The third-order valence-electron chi connectivity index (χ3n) is 6.00. The standard InChI is InChI=1S/C24H49NO2/c1-4-7-8-9-10-11-12-13-14-15-16-17-18-19-20-23(26)24(25-27,21-5-2)22-6-3/h23,26H,4-22H2,1-3H3. The molecule has 0 heterocycles. The average Bonchev–Trinajstić information content (AvgIpc) is 2.67. The molecular formula is C24H49NO2. The van der Waals surface area contributed by atoms with Crippen LogP contribution in [0.5, 0.6) is 0 Å². The van der Waals surface area contributed by atoms with E-state index in [1.54, 1.807) is 0 Å².